The monoisotopic (exact) mass is 251 g/mol. The van der Waals surface area contributed by atoms with Crippen molar-refractivity contribution in [2.75, 3.05) is 0 Å². The lowest BCUT2D eigenvalue weighted by atomic mass is 9.90. The van der Waals surface area contributed by atoms with Crippen molar-refractivity contribution in [1.82, 2.24) is 5.43 Å². The van der Waals surface area contributed by atoms with Crippen molar-refractivity contribution >= 4 is 23.2 Å². The van der Waals surface area contributed by atoms with Crippen LogP contribution in [0.1, 0.15) is 25.3 Å². The first-order valence-electron chi connectivity index (χ1n) is 5.45. The van der Waals surface area contributed by atoms with Crippen LogP contribution in [0.2, 0.25) is 5.02 Å². The molecule has 0 aliphatic carbocycles. The van der Waals surface area contributed by atoms with Crippen molar-refractivity contribution in [2.24, 2.45) is 11.0 Å². The van der Waals surface area contributed by atoms with Gasteiger partial charge in [-0.25, -0.2) is 5.43 Å². The summed E-state index contributed by atoms with van der Waals surface area (Å²) in [5.74, 6) is -0.201. The van der Waals surface area contributed by atoms with E-state index < -0.39 is 0 Å². The molecule has 1 aliphatic heterocycles. The number of benzene rings is 1. The van der Waals surface area contributed by atoms with Crippen LogP contribution in [-0.4, -0.2) is 11.6 Å². The van der Waals surface area contributed by atoms with E-state index in [4.69, 9.17) is 11.6 Å². The van der Waals surface area contributed by atoms with Crippen LogP contribution in [-0.2, 0) is 9.90 Å². The number of amides is 1. The highest BCUT2D eigenvalue weighted by Crippen LogP contribution is 2.27. The van der Waals surface area contributed by atoms with E-state index in [1.807, 2.05) is 6.92 Å². The third-order valence-electron chi connectivity index (χ3n) is 2.84. The Morgan fingerprint density at radius 3 is 2.94 bits per heavy atom. The largest absolute Gasteiger partial charge is 0.288 e. The second-order valence-corrected chi connectivity index (χ2v) is 4.39. The fourth-order valence-electron chi connectivity index (χ4n) is 1.88. The minimum absolute atomic E-state index is 0.0767. The maximum atomic E-state index is 11.2. The number of hydrogen-bond acceptors (Lipinski definition) is 2. The number of carbonyl (C=O) groups excluding carboxylic acids is 1. The topological polar surface area (TPSA) is 61.4 Å². The lowest BCUT2D eigenvalue weighted by Crippen LogP contribution is -2.33. The van der Waals surface area contributed by atoms with E-state index in [9.17, 15) is 9.90 Å². The van der Waals surface area contributed by atoms with E-state index in [1.54, 1.807) is 12.1 Å². The maximum Gasteiger partial charge on any atom is 0.240 e. The van der Waals surface area contributed by atoms with E-state index in [2.05, 4.69) is 10.5 Å². The van der Waals surface area contributed by atoms with Gasteiger partial charge >= 0.3 is 0 Å². The number of hydrazone groups is 1. The zero-order chi connectivity index (χ0) is 12.4. The Kier molecular flexibility index (Phi) is 3.33. The molecule has 1 radical (unpaired) electrons. The van der Waals surface area contributed by atoms with Crippen molar-refractivity contribution < 1.29 is 9.90 Å². The number of carbonyl (C=O) groups is 1. The number of nitrogens with zero attached hydrogens (tertiary/aromatic N) is 1. The third-order valence-corrected chi connectivity index (χ3v) is 3.14. The van der Waals surface area contributed by atoms with Crippen LogP contribution in [0.15, 0.2) is 23.3 Å². The fourth-order valence-corrected chi connectivity index (χ4v) is 2.06. The molecule has 1 aromatic rings. The van der Waals surface area contributed by atoms with Gasteiger partial charge in [-0.2, -0.15) is 5.10 Å². The molecule has 1 unspecified atom stereocenters. The Bertz CT molecular complexity index is 485. The van der Waals surface area contributed by atoms with Gasteiger partial charge in [0.1, 0.15) is 0 Å². The SMILES string of the molecule is CCC1CC(=O)NN=C1c1ccc([O])c(Cl)c1. The Balaban J connectivity index is 2.37. The summed E-state index contributed by atoms with van der Waals surface area (Å²) in [5, 5.41) is 15.5. The van der Waals surface area contributed by atoms with Crippen LogP contribution in [0.3, 0.4) is 0 Å². The highest BCUT2D eigenvalue weighted by molar-refractivity contribution is 6.32. The molecule has 1 aliphatic rings. The minimum Gasteiger partial charge on any atom is -0.288 e. The smallest absolute Gasteiger partial charge is 0.240 e. The lowest BCUT2D eigenvalue weighted by molar-refractivity contribution is -0.122. The van der Waals surface area contributed by atoms with E-state index in [0.717, 1.165) is 17.7 Å². The first-order chi connectivity index (χ1) is 8.11. The first kappa shape index (κ1) is 11.9. The molecule has 1 atom stereocenters. The summed E-state index contributed by atoms with van der Waals surface area (Å²) in [6.45, 7) is 2.00. The molecule has 5 heteroatoms. The van der Waals surface area contributed by atoms with E-state index >= 15 is 0 Å². The second kappa shape index (κ2) is 4.75. The maximum absolute atomic E-state index is 11.2. The van der Waals surface area contributed by atoms with Crippen LogP contribution < -0.4 is 5.43 Å². The molecule has 1 heterocycles. The highest BCUT2D eigenvalue weighted by Gasteiger charge is 2.24. The number of rotatable bonds is 2. The molecule has 1 amide bonds. The van der Waals surface area contributed by atoms with E-state index in [0.29, 0.717) is 6.42 Å². The fraction of sp³-hybridized carbons (Fsp3) is 0.333. The lowest BCUT2D eigenvalue weighted by Gasteiger charge is -2.21. The summed E-state index contributed by atoms with van der Waals surface area (Å²) in [4.78, 5) is 11.2. The summed E-state index contributed by atoms with van der Waals surface area (Å²) in [6, 6.07) is 4.71. The average Bonchev–Trinajstić information content (AvgIpc) is 2.32. The minimum atomic E-state index is -0.205. The molecular weight excluding hydrogens is 240 g/mol. The van der Waals surface area contributed by atoms with Crippen LogP contribution in [0, 0.1) is 5.92 Å². The molecule has 4 nitrogen and oxygen atoms in total. The summed E-state index contributed by atoms with van der Waals surface area (Å²) in [7, 11) is 0. The molecule has 1 aromatic carbocycles. The number of nitrogens with one attached hydrogen (secondary N) is 1. The Morgan fingerprint density at radius 2 is 2.29 bits per heavy atom. The van der Waals surface area contributed by atoms with Gasteiger partial charge in [-0.3, -0.25) is 9.90 Å². The molecule has 89 valence electrons. The van der Waals surface area contributed by atoms with Crippen LogP contribution in [0.5, 0.6) is 5.75 Å². The highest BCUT2D eigenvalue weighted by atomic mass is 35.5. The standard InChI is InChI=1S/C12H12ClN2O2/c1-2-7-6-11(17)14-15-12(7)8-3-4-10(16)9(13)5-8/h3-5,7H,2,6H2,1H3,(H,14,17). The normalized spacial score (nSPS) is 19.8. The average molecular weight is 252 g/mol. The molecule has 0 saturated carbocycles. The Labute approximate surface area is 104 Å². The van der Waals surface area contributed by atoms with Crippen molar-refractivity contribution in [3.8, 4) is 5.75 Å². The summed E-state index contributed by atoms with van der Waals surface area (Å²) < 4.78 is 0. The Morgan fingerprint density at radius 1 is 1.53 bits per heavy atom. The second-order valence-electron chi connectivity index (χ2n) is 3.99. The predicted molar refractivity (Wildman–Crippen MR) is 64.7 cm³/mol. The van der Waals surface area contributed by atoms with Gasteiger partial charge in [-0.1, -0.05) is 18.5 Å². The first-order valence-corrected chi connectivity index (χ1v) is 5.83. The quantitative estimate of drug-likeness (QED) is 0.863. The van der Waals surface area contributed by atoms with E-state index in [1.165, 1.54) is 6.07 Å². The van der Waals surface area contributed by atoms with Crippen molar-refractivity contribution in [2.45, 2.75) is 19.8 Å². The van der Waals surface area contributed by atoms with Gasteiger partial charge in [-0.15, -0.1) is 0 Å². The zero-order valence-corrected chi connectivity index (χ0v) is 10.1. The zero-order valence-electron chi connectivity index (χ0n) is 9.37. The van der Waals surface area contributed by atoms with Gasteiger partial charge < -0.3 is 0 Å². The molecule has 0 fully saturated rings. The molecule has 17 heavy (non-hydrogen) atoms. The summed E-state index contributed by atoms with van der Waals surface area (Å²) in [6.07, 6.45) is 1.25. The summed E-state index contributed by atoms with van der Waals surface area (Å²) in [5.41, 5.74) is 4.04. The molecular formula is C12H12ClN2O2. The van der Waals surface area contributed by atoms with Crippen LogP contribution in [0.4, 0.5) is 0 Å². The molecule has 0 spiro atoms. The van der Waals surface area contributed by atoms with Gasteiger partial charge in [0.25, 0.3) is 0 Å². The molecule has 0 bridgehead atoms. The Hall–Kier alpha value is -1.55. The van der Waals surface area contributed by atoms with E-state index in [-0.39, 0.29) is 22.6 Å². The van der Waals surface area contributed by atoms with Gasteiger partial charge in [0.05, 0.1) is 10.7 Å². The summed E-state index contributed by atoms with van der Waals surface area (Å²) >= 11 is 5.80. The number of hydrogen-bond donors (Lipinski definition) is 1. The molecule has 0 aromatic heterocycles. The third kappa shape index (κ3) is 2.42. The van der Waals surface area contributed by atoms with Crippen molar-refractivity contribution in [3.05, 3.63) is 28.8 Å². The number of halogens is 1. The van der Waals surface area contributed by atoms with Crippen LogP contribution in [0.25, 0.3) is 0 Å². The van der Waals surface area contributed by atoms with Gasteiger partial charge in [0.2, 0.25) is 5.91 Å². The van der Waals surface area contributed by atoms with Gasteiger partial charge in [0.15, 0.2) is 5.75 Å². The molecule has 0 saturated heterocycles. The van der Waals surface area contributed by atoms with Crippen molar-refractivity contribution in [1.29, 1.82) is 0 Å². The van der Waals surface area contributed by atoms with Crippen LogP contribution >= 0.6 is 11.6 Å². The van der Waals surface area contributed by atoms with Gasteiger partial charge in [-0.05, 0) is 30.2 Å². The van der Waals surface area contributed by atoms with Crippen molar-refractivity contribution in [3.63, 3.8) is 0 Å². The molecule has 1 N–H and O–H groups in total. The predicted octanol–water partition coefficient (Wildman–Crippen LogP) is 2.73. The molecule has 2 rings (SSSR count). The van der Waals surface area contributed by atoms with Gasteiger partial charge in [0, 0.05) is 12.3 Å².